The Morgan fingerprint density at radius 1 is 1.17 bits per heavy atom. The quantitative estimate of drug-likeness (QED) is 0.297. The number of aryl methyl sites for hydroxylation is 1. The van der Waals surface area contributed by atoms with Crippen LogP contribution in [0.4, 0.5) is 11.6 Å². The molecule has 3 aromatic rings. The predicted octanol–water partition coefficient (Wildman–Crippen LogP) is 4.96. The molecule has 1 saturated heterocycles. The van der Waals surface area contributed by atoms with Crippen molar-refractivity contribution < 1.29 is 17.9 Å². The Bertz CT molecular complexity index is 1350. The number of hydrogen-bond donors (Lipinski definition) is 0. The zero-order valence-corrected chi connectivity index (χ0v) is 22.2. The van der Waals surface area contributed by atoms with Crippen molar-refractivity contribution in [3.8, 4) is 5.75 Å². The standard InChI is InChI=1S/C25H30ClN5O4S/c1-16-14-20(29-31(16)21-6-4-5-13-35-21)30(15-17-7-11-19(34-2)12-8-17)24-22(18-9-10-18)23(26)27-25(28-24)36(3,32)33/h7-8,11-12,14,18,21H,4-6,9-10,13,15H2,1-3H3. The number of ether oxygens (including phenoxy) is 2. The Morgan fingerprint density at radius 3 is 2.53 bits per heavy atom. The Labute approximate surface area is 216 Å². The van der Waals surface area contributed by atoms with Gasteiger partial charge < -0.3 is 14.4 Å². The molecule has 1 unspecified atom stereocenters. The lowest BCUT2D eigenvalue weighted by atomic mass is 10.1. The van der Waals surface area contributed by atoms with Crippen LogP contribution in [0.1, 0.15) is 61.1 Å². The van der Waals surface area contributed by atoms with E-state index in [1.807, 2.05) is 46.8 Å². The molecule has 2 aromatic heterocycles. The van der Waals surface area contributed by atoms with Crippen molar-refractivity contribution in [2.45, 2.75) is 62.9 Å². The molecule has 5 rings (SSSR count). The van der Waals surface area contributed by atoms with Gasteiger partial charge in [0.25, 0.3) is 0 Å². The van der Waals surface area contributed by atoms with Gasteiger partial charge in [-0.1, -0.05) is 23.7 Å². The first-order chi connectivity index (χ1) is 17.2. The summed E-state index contributed by atoms with van der Waals surface area (Å²) in [5.41, 5.74) is 2.70. The third-order valence-electron chi connectivity index (χ3n) is 6.55. The second-order valence-electron chi connectivity index (χ2n) is 9.42. The zero-order chi connectivity index (χ0) is 25.4. The smallest absolute Gasteiger partial charge is 0.250 e. The van der Waals surface area contributed by atoms with E-state index in [-0.39, 0.29) is 22.5 Å². The van der Waals surface area contributed by atoms with E-state index in [0.717, 1.165) is 60.9 Å². The van der Waals surface area contributed by atoms with E-state index in [1.54, 1.807) is 7.11 Å². The van der Waals surface area contributed by atoms with Crippen LogP contribution in [0.15, 0.2) is 35.5 Å². The molecule has 11 heteroatoms. The van der Waals surface area contributed by atoms with Crippen molar-refractivity contribution in [3.63, 3.8) is 0 Å². The monoisotopic (exact) mass is 531 g/mol. The maximum atomic E-state index is 12.4. The van der Waals surface area contributed by atoms with E-state index in [2.05, 4.69) is 9.97 Å². The Morgan fingerprint density at radius 2 is 1.92 bits per heavy atom. The highest BCUT2D eigenvalue weighted by Crippen LogP contribution is 2.48. The van der Waals surface area contributed by atoms with Crippen molar-refractivity contribution in [1.82, 2.24) is 19.7 Å². The normalized spacial score (nSPS) is 18.3. The van der Waals surface area contributed by atoms with Gasteiger partial charge in [0, 0.05) is 30.2 Å². The van der Waals surface area contributed by atoms with Crippen molar-refractivity contribution in [2.24, 2.45) is 0 Å². The van der Waals surface area contributed by atoms with Crippen molar-refractivity contribution in [1.29, 1.82) is 0 Å². The maximum absolute atomic E-state index is 12.4. The molecule has 2 fully saturated rings. The van der Waals surface area contributed by atoms with Gasteiger partial charge in [0.15, 0.2) is 12.0 Å². The number of hydrogen-bond acceptors (Lipinski definition) is 8. The number of anilines is 2. The van der Waals surface area contributed by atoms with Gasteiger partial charge in [-0.2, -0.15) is 5.10 Å². The summed E-state index contributed by atoms with van der Waals surface area (Å²) in [7, 11) is -2.06. The fraction of sp³-hybridized carbons (Fsp3) is 0.480. The van der Waals surface area contributed by atoms with E-state index in [0.29, 0.717) is 24.8 Å². The third kappa shape index (κ3) is 5.21. The number of aromatic nitrogens is 4. The number of methoxy groups -OCH3 is 1. The molecule has 192 valence electrons. The highest BCUT2D eigenvalue weighted by atomic mass is 35.5. The van der Waals surface area contributed by atoms with Crippen molar-refractivity contribution >= 4 is 33.1 Å². The summed E-state index contributed by atoms with van der Waals surface area (Å²) in [6.07, 6.45) is 5.89. The molecule has 1 aliphatic heterocycles. The van der Waals surface area contributed by atoms with E-state index in [4.69, 9.17) is 26.2 Å². The first kappa shape index (κ1) is 25.0. The SMILES string of the molecule is COc1ccc(CN(c2cc(C)n(C3CCCCO3)n2)c2nc(S(C)(=O)=O)nc(Cl)c2C2CC2)cc1. The fourth-order valence-electron chi connectivity index (χ4n) is 4.50. The van der Waals surface area contributed by atoms with Crippen LogP contribution in [-0.4, -0.2) is 48.1 Å². The fourth-order valence-corrected chi connectivity index (χ4v) is 5.37. The molecule has 0 N–H and O–H groups in total. The maximum Gasteiger partial charge on any atom is 0.250 e. The van der Waals surface area contributed by atoms with Gasteiger partial charge >= 0.3 is 0 Å². The second-order valence-corrected chi connectivity index (χ2v) is 11.7. The Hall–Kier alpha value is -2.69. The minimum Gasteiger partial charge on any atom is -0.497 e. The van der Waals surface area contributed by atoms with Gasteiger partial charge in [0.1, 0.15) is 16.7 Å². The number of rotatable bonds is 8. The van der Waals surface area contributed by atoms with Crippen LogP contribution >= 0.6 is 11.6 Å². The summed E-state index contributed by atoms with van der Waals surface area (Å²) in [5, 5.41) is 4.80. The molecule has 0 spiro atoms. The van der Waals surface area contributed by atoms with E-state index in [9.17, 15) is 8.42 Å². The van der Waals surface area contributed by atoms with Crippen LogP contribution in [0.3, 0.4) is 0 Å². The molecule has 0 amide bonds. The first-order valence-corrected chi connectivity index (χ1v) is 14.4. The van der Waals surface area contributed by atoms with Crippen LogP contribution in [0.25, 0.3) is 0 Å². The summed E-state index contributed by atoms with van der Waals surface area (Å²) in [5.74, 6) is 2.06. The summed E-state index contributed by atoms with van der Waals surface area (Å²) in [6, 6.07) is 9.70. The van der Waals surface area contributed by atoms with Gasteiger partial charge in [0.05, 0.1) is 13.7 Å². The minimum atomic E-state index is -3.68. The van der Waals surface area contributed by atoms with Gasteiger partial charge in [-0.15, -0.1) is 0 Å². The lowest BCUT2D eigenvalue weighted by Crippen LogP contribution is -2.23. The minimum absolute atomic E-state index is 0.126. The molecule has 3 heterocycles. The van der Waals surface area contributed by atoms with Gasteiger partial charge in [0.2, 0.25) is 15.0 Å². The number of sulfone groups is 1. The number of benzene rings is 1. The number of nitrogens with zero attached hydrogens (tertiary/aromatic N) is 5. The van der Waals surface area contributed by atoms with Crippen LogP contribution in [-0.2, 0) is 21.1 Å². The summed E-state index contributed by atoms with van der Waals surface area (Å²) < 4.78 is 38.1. The van der Waals surface area contributed by atoms with Crippen LogP contribution in [0, 0.1) is 6.92 Å². The van der Waals surface area contributed by atoms with Crippen molar-refractivity contribution in [2.75, 3.05) is 24.9 Å². The molecule has 0 radical (unpaired) electrons. The van der Waals surface area contributed by atoms with Crippen LogP contribution < -0.4 is 9.64 Å². The Balaban J connectivity index is 1.64. The Kier molecular flexibility index (Phi) is 6.93. The molecule has 1 atom stereocenters. The lowest BCUT2D eigenvalue weighted by Gasteiger charge is -2.26. The van der Waals surface area contributed by atoms with Gasteiger partial charge in [-0.3, -0.25) is 0 Å². The lowest BCUT2D eigenvalue weighted by molar-refractivity contribution is -0.0405. The molecular weight excluding hydrogens is 502 g/mol. The molecule has 36 heavy (non-hydrogen) atoms. The summed E-state index contributed by atoms with van der Waals surface area (Å²) >= 11 is 6.60. The number of halogens is 1. The molecule has 1 aliphatic carbocycles. The first-order valence-electron chi connectivity index (χ1n) is 12.1. The molecule has 9 nitrogen and oxygen atoms in total. The average Bonchev–Trinajstić information content (AvgIpc) is 3.63. The molecule has 1 saturated carbocycles. The molecule has 0 bridgehead atoms. The van der Waals surface area contributed by atoms with Crippen LogP contribution in [0.2, 0.25) is 5.15 Å². The largest absolute Gasteiger partial charge is 0.497 e. The third-order valence-corrected chi connectivity index (χ3v) is 7.68. The summed E-state index contributed by atoms with van der Waals surface area (Å²) in [6.45, 7) is 3.11. The highest BCUT2D eigenvalue weighted by molar-refractivity contribution is 7.90. The highest BCUT2D eigenvalue weighted by Gasteiger charge is 2.35. The predicted molar refractivity (Wildman–Crippen MR) is 137 cm³/mol. The van der Waals surface area contributed by atoms with Gasteiger partial charge in [-0.05, 0) is 62.6 Å². The molecular formula is C25H30ClN5O4S. The average molecular weight is 532 g/mol. The molecule has 1 aromatic carbocycles. The zero-order valence-electron chi connectivity index (χ0n) is 20.6. The van der Waals surface area contributed by atoms with E-state index >= 15 is 0 Å². The van der Waals surface area contributed by atoms with Crippen molar-refractivity contribution in [3.05, 3.63) is 52.3 Å². The second kappa shape index (κ2) is 9.99. The summed E-state index contributed by atoms with van der Waals surface area (Å²) in [4.78, 5) is 10.6. The van der Waals surface area contributed by atoms with Crippen LogP contribution in [0.5, 0.6) is 5.75 Å². The van der Waals surface area contributed by atoms with E-state index < -0.39 is 9.84 Å². The van der Waals surface area contributed by atoms with E-state index in [1.165, 1.54) is 0 Å². The molecule has 2 aliphatic rings. The topological polar surface area (TPSA) is 99.4 Å². The van der Waals surface area contributed by atoms with Gasteiger partial charge in [-0.25, -0.2) is 23.1 Å².